The van der Waals surface area contributed by atoms with Crippen molar-refractivity contribution in [3.63, 3.8) is 0 Å². The molecule has 2 unspecified atom stereocenters. The van der Waals surface area contributed by atoms with Crippen LogP contribution < -0.4 is 5.32 Å². The summed E-state index contributed by atoms with van der Waals surface area (Å²) < 4.78 is 13.5. The standard InChI is InChI=1S/C14H16FNO3/c1-8-2-5-11(15)12(6-8)16-13(17)9-3-4-10(7-9)14(18)19/h2,5-6,9-10H,3-4,7H2,1H3,(H,16,17)(H,18,19). The SMILES string of the molecule is Cc1ccc(F)c(NC(=O)C2CCC(C(=O)O)C2)c1. The van der Waals surface area contributed by atoms with Crippen LogP contribution >= 0.6 is 0 Å². The van der Waals surface area contributed by atoms with E-state index in [1.807, 2.05) is 6.92 Å². The average Bonchev–Trinajstić information content (AvgIpc) is 2.83. The topological polar surface area (TPSA) is 66.4 Å². The molecule has 0 spiro atoms. The van der Waals surface area contributed by atoms with Gasteiger partial charge in [-0.15, -0.1) is 0 Å². The molecule has 1 amide bonds. The lowest BCUT2D eigenvalue weighted by atomic mass is 10.0. The van der Waals surface area contributed by atoms with Gasteiger partial charge in [0.1, 0.15) is 5.82 Å². The zero-order chi connectivity index (χ0) is 14.0. The number of rotatable bonds is 3. The summed E-state index contributed by atoms with van der Waals surface area (Å²) in [5.74, 6) is -2.45. The third kappa shape index (κ3) is 3.10. The molecule has 2 N–H and O–H groups in total. The van der Waals surface area contributed by atoms with E-state index in [2.05, 4.69) is 5.32 Å². The van der Waals surface area contributed by atoms with Gasteiger partial charge in [0.2, 0.25) is 5.91 Å². The number of carboxylic acids is 1. The van der Waals surface area contributed by atoms with Gasteiger partial charge in [0.25, 0.3) is 0 Å². The number of hydrogen-bond acceptors (Lipinski definition) is 2. The van der Waals surface area contributed by atoms with Crippen molar-refractivity contribution in [2.75, 3.05) is 5.32 Å². The Morgan fingerprint density at radius 1 is 1.32 bits per heavy atom. The van der Waals surface area contributed by atoms with E-state index < -0.39 is 17.7 Å². The number of carbonyl (C=O) groups excluding carboxylic acids is 1. The maximum Gasteiger partial charge on any atom is 0.306 e. The van der Waals surface area contributed by atoms with Crippen LogP contribution in [-0.4, -0.2) is 17.0 Å². The highest BCUT2D eigenvalue weighted by Crippen LogP contribution is 2.32. The molecule has 1 aliphatic carbocycles. The van der Waals surface area contributed by atoms with Gasteiger partial charge in [0, 0.05) is 5.92 Å². The second-order valence-electron chi connectivity index (χ2n) is 5.02. The number of halogens is 1. The normalized spacial score (nSPS) is 22.2. The zero-order valence-electron chi connectivity index (χ0n) is 10.6. The zero-order valence-corrected chi connectivity index (χ0v) is 10.6. The summed E-state index contributed by atoms with van der Waals surface area (Å²) in [7, 11) is 0. The molecule has 2 atom stereocenters. The Balaban J connectivity index is 2.02. The average molecular weight is 265 g/mol. The number of carbonyl (C=O) groups is 2. The molecule has 1 aliphatic rings. The van der Waals surface area contributed by atoms with Gasteiger partial charge in [-0.05, 0) is 43.9 Å². The molecule has 0 heterocycles. The van der Waals surface area contributed by atoms with Gasteiger partial charge in [0.05, 0.1) is 11.6 Å². The van der Waals surface area contributed by atoms with E-state index in [1.165, 1.54) is 6.07 Å². The first-order valence-corrected chi connectivity index (χ1v) is 6.27. The van der Waals surface area contributed by atoms with Crippen molar-refractivity contribution in [1.82, 2.24) is 0 Å². The minimum absolute atomic E-state index is 0.156. The molecular weight excluding hydrogens is 249 g/mol. The van der Waals surface area contributed by atoms with Crippen molar-refractivity contribution in [2.45, 2.75) is 26.2 Å². The number of aryl methyl sites for hydroxylation is 1. The highest BCUT2D eigenvalue weighted by atomic mass is 19.1. The van der Waals surface area contributed by atoms with Gasteiger partial charge in [-0.2, -0.15) is 0 Å². The number of aliphatic carboxylic acids is 1. The maximum absolute atomic E-state index is 13.5. The maximum atomic E-state index is 13.5. The highest BCUT2D eigenvalue weighted by molar-refractivity contribution is 5.93. The fourth-order valence-corrected chi connectivity index (χ4v) is 2.41. The van der Waals surface area contributed by atoms with E-state index in [0.29, 0.717) is 19.3 Å². The number of nitrogens with one attached hydrogen (secondary N) is 1. The summed E-state index contributed by atoms with van der Waals surface area (Å²) >= 11 is 0. The molecule has 0 radical (unpaired) electrons. The lowest BCUT2D eigenvalue weighted by Gasteiger charge is -2.12. The van der Waals surface area contributed by atoms with Gasteiger partial charge in [0.15, 0.2) is 0 Å². The van der Waals surface area contributed by atoms with Crippen LogP contribution in [0.4, 0.5) is 10.1 Å². The molecule has 0 aromatic heterocycles. The number of anilines is 1. The van der Waals surface area contributed by atoms with Crippen LogP contribution in [0.15, 0.2) is 18.2 Å². The first-order valence-electron chi connectivity index (χ1n) is 6.27. The summed E-state index contributed by atoms with van der Waals surface area (Å²) in [6.07, 6.45) is 1.37. The highest BCUT2D eigenvalue weighted by Gasteiger charge is 2.33. The van der Waals surface area contributed by atoms with Crippen molar-refractivity contribution in [2.24, 2.45) is 11.8 Å². The molecule has 2 rings (SSSR count). The predicted molar refractivity (Wildman–Crippen MR) is 68.2 cm³/mol. The van der Waals surface area contributed by atoms with Crippen LogP contribution in [0.2, 0.25) is 0 Å². The third-order valence-corrected chi connectivity index (χ3v) is 3.53. The van der Waals surface area contributed by atoms with E-state index >= 15 is 0 Å². The first kappa shape index (κ1) is 13.5. The summed E-state index contributed by atoms with van der Waals surface area (Å²) in [5.41, 5.74) is 1.01. The second kappa shape index (κ2) is 5.38. The van der Waals surface area contributed by atoms with Crippen molar-refractivity contribution in [3.8, 4) is 0 Å². The number of hydrogen-bond donors (Lipinski definition) is 2. The van der Waals surface area contributed by atoms with Crippen LogP contribution in [-0.2, 0) is 9.59 Å². The van der Waals surface area contributed by atoms with Gasteiger partial charge < -0.3 is 10.4 Å². The Bertz CT molecular complexity index is 515. The lowest BCUT2D eigenvalue weighted by molar-refractivity contribution is -0.141. The summed E-state index contributed by atoms with van der Waals surface area (Å²) in [6.45, 7) is 1.81. The molecule has 0 aliphatic heterocycles. The van der Waals surface area contributed by atoms with E-state index in [4.69, 9.17) is 5.11 Å². The quantitative estimate of drug-likeness (QED) is 0.882. The monoisotopic (exact) mass is 265 g/mol. The summed E-state index contributed by atoms with van der Waals surface area (Å²) in [5, 5.41) is 11.4. The molecule has 0 saturated heterocycles. The number of carboxylic acid groups (broad SMARTS) is 1. The summed E-state index contributed by atoms with van der Waals surface area (Å²) in [6, 6.07) is 4.50. The van der Waals surface area contributed by atoms with E-state index in [9.17, 15) is 14.0 Å². The molecule has 102 valence electrons. The Morgan fingerprint density at radius 3 is 2.63 bits per heavy atom. The van der Waals surface area contributed by atoms with Crippen LogP contribution in [0.1, 0.15) is 24.8 Å². The van der Waals surface area contributed by atoms with Crippen molar-refractivity contribution in [1.29, 1.82) is 0 Å². The third-order valence-electron chi connectivity index (χ3n) is 3.53. The fourth-order valence-electron chi connectivity index (χ4n) is 2.41. The minimum Gasteiger partial charge on any atom is -0.481 e. The molecule has 19 heavy (non-hydrogen) atoms. The van der Waals surface area contributed by atoms with Gasteiger partial charge in [-0.3, -0.25) is 9.59 Å². The van der Waals surface area contributed by atoms with Crippen LogP contribution in [0.25, 0.3) is 0 Å². The minimum atomic E-state index is -0.864. The van der Waals surface area contributed by atoms with Gasteiger partial charge in [-0.1, -0.05) is 6.07 Å². The van der Waals surface area contributed by atoms with Crippen molar-refractivity contribution in [3.05, 3.63) is 29.6 Å². The second-order valence-corrected chi connectivity index (χ2v) is 5.02. The van der Waals surface area contributed by atoms with Crippen LogP contribution in [0, 0.1) is 24.6 Å². The molecule has 1 aromatic carbocycles. The van der Waals surface area contributed by atoms with E-state index in [1.54, 1.807) is 12.1 Å². The largest absolute Gasteiger partial charge is 0.481 e. The molecule has 5 heteroatoms. The number of benzene rings is 1. The Kier molecular flexibility index (Phi) is 3.83. The molecule has 1 fully saturated rings. The number of amides is 1. The molecular formula is C14H16FNO3. The molecule has 0 bridgehead atoms. The smallest absolute Gasteiger partial charge is 0.306 e. The first-order chi connectivity index (χ1) is 8.97. The molecule has 1 saturated carbocycles. The van der Waals surface area contributed by atoms with Crippen molar-refractivity contribution >= 4 is 17.6 Å². The van der Waals surface area contributed by atoms with Crippen LogP contribution in [0.3, 0.4) is 0 Å². The van der Waals surface area contributed by atoms with Gasteiger partial charge >= 0.3 is 5.97 Å². The van der Waals surface area contributed by atoms with E-state index in [0.717, 1.165) is 5.56 Å². The predicted octanol–water partition coefficient (Wildman–Crippen LogP) is 2.57. The molecule has 4 nitrogen and oxygen atoms in total. The lowest BCUT2D eigenvalue weighted by Crippen LogP contribution is -2.22. The fraction of sp³-hybridized carbons (Fsp3) is 0.429. The Hall–Kier alpha value is -1.91. The van der Waals surface area contributed by atoms with Crippen LogP contribution in [0.5, 0.6) is 0 Å². The Labute approximate surface area is 110 Å². The van der Waals surface area contributed by atoms with Gasteiger partial charge in [-0.25, -0.2) is 4.39 Å². The summed E-state index contributed by atoms with van der Waals surface area (Å²) in [4.78, 5) is 22.8. The Morgan fingerprint density at radius 2 is 2.00 bits per heavy atom. The molecule has 1 aromatic rings. The van der Waals surface area contributed by atoms with E-state index in [-0.39, 0.29) is 17.5 Å². The van der Waals surface area contributed by atoms with Crippen molar-refractivity contribution < 1.29 is 19.1 Å².